The molecule has 1 aromatic rings. The first-order valence-corrected chi connectivity index (χ1v) is 16.0. The molecular formula is C31H51N9O3. The van der Waals surface area contributed by atoms with E-state index in [-0.39, 0.29) is 24.5 Å². The van der Waals surface area contributed by atoms with Gasteiger partial charge in [-0.25, -0.2) is 4.90 Å². The number of nitrogens with one attached hydrogen (secondary N) is 4. The van der Waals surface area contributed by atoms with Crippen molar-refractivity contribution >= 4 is 11.4 Å². The van der Waals surface area contributed by atoms with Gasteiger partial charge in [-0.1, -0.05) is 6.07 Å². The van der Waals surface area contributed by atoms with Crippen LogP contribution >= 0.6 is 0 Å². The quantitative estimate of drug-likeness (QED) is 0.214. The summed E-state index contributed by atoms with van der Waals surface area (Å²) in [6.07, 6.45) is 1.46. The van der Waals surface area contributed by atoms with Gasteiger partial charge in [-0.15, -0.1) is 0 Å². The van der Waals surface area contributed by atoms with Crippen molar-refractivity contribution in [3.63, 3.8) is 0 Å². The Bertz CT molecular complexity index is 1190. The number of fused-ring (bicyclic) bond motifs is 2. The van der Waals surface area contributed by atoms with Gasteiger partial charge in [0.2, 0.25) is 0 Å². The van der Waals surface area contributed by atoms with E-state index in [1.165, 1.54) is 0 Å². The summed E-state index contributed by atoms with van der Waals surface area (Å²) in [5, 5.41) is 45.6. The number of rotatable bonds is 9. The van der Waals surface area contributed by atoms with Crippen LogP contribution in [0.1, 0.15) is 58.9 Å². The largest absolute Gasteiger partial charge is 0.387 e. The van der Waals surface area contributed by atoms with Crippen LogP contribution in [0.25, 0.3) is 0 Å². The lowest BCUT2D eigenvalue weighted by atomic mass is 9.76. The summed E-state index contributed by atoms with van der Waals surface area (Å²) >= 11 is 0. The van der Waals surface area contributed by atoms with Gasteiger partial charge < -0.3 is 31.3 Å². The smallest absolute Gasteiger partial charge is 0.142 e. The van der Waals surface area contributed by atoms with E-state index in [0.717, 1.165) is 42.6 Å². The number of nitrogens with two attached hydrogens (primary N) is 1. The predicted octanol–water partition coefficient (Wildman–Crippen LogP) is 0.702. The molecule has 8 N–H and O–H groups in total. The van der Waals surface area contributed by atoms with Gasteiger partial charge in [-0.2, -0.15) is 5.26 Å². The van der Waals surface area contributed by atoms with Crippen LogP contribution in [0.2, 0.25) is 0 Å². The number of aliphatic hydroxyl groups excluding tert-OH is 2. The second-order valence-electron chi connectivity index (χ2n) is 14.2. The number of hydrogen-bond acceptors (Lipinski definition) is 12. The number of aliphatic hydroxyl groups is 2. The van der Waals surface area contributed by atoms with Gasteiger partial charge in [0.25, 0.3) is 0 Å². The number of hydrogen-bond donors (Lipinski definition) is 7. The predicted molar refractivity (Wildman–Crippen MR) is 166 cm³/mol. The molecule has 5 aliphatic rings. The van der Waals surface area contributed by atoms with E-state index in [0.29, 0.717) is 37.9 Å². The van der Waals surface area contributed by atoms with Crippen molar-refractivity contribution in [3.05, 3.63) is 23.8 Å². The van der Waals surface area contributed by atoms with Crippen LogP contribution in [0, 0.1) is 17.2 Å². The Morgan fingerprint density at radius 2 is 1.86 bits per heavy atom. The summed E-state index contributed by atoms with van der Waals surface area (Å²) in [5.41, 5.74) is 8.99. The van der Waals surface area contributed by atoms with Crippen molar-refractivity contribution in [1.82, 2.24) is 25.3 Å². The van der Waals surface area contributed by atoms with Crippen molar-refractivity contribution in [3.8, 4) is 6.07 Å². The third kappa shape index (κ3) is 5.88. The molecule has 0 spiro atoms. The molecular weight excluding hydrogens is 546 g/mol. The molecule has 3 saturated heterocycles. The zero-order chi connectivity index (χ0) is 30.6. The Morgan fingerprint density at radius 3 is 2.58 bits per heavy atom. The van der Waals surface area contributed by atoms with E-state index < -0.39 is 30.0 Å². The lowest BCUT2D eigenvalue weighted by Gasteiger charge is -2.46. The van der Waals surface area contributed by atoms with Crippen LogP contribution in [-0.2, 0) is 10.2 Å². The normalized spacial score (nSPS) is 38.0. The number of nitriles is 1. The molecule has 12 nitrogen and oxygen atoms in total. The Labute approximate surface area is 255 Å². The zero-order valence-electron chi connectivity index (χ0n) is 26.2. The fourth-order valence-corrected chi connectivity index (χ4v) is 7.72. The minimum absolute atomic E-state index is 0.0153. The van der Waals surface area contributed by atoms with Gasteiger partial charge in [-0.05, 0) is 84.0 Å². The van der Waals surface area contributed by atoms with Crippen molar-refractivity contribution in [2.24, 2.45) is 11.7 Å². The first-order chi connectivity index (χ1) is 20.5. The molecule has 0 radical (unpaired) electrons. The number of likely N-dealkylation sites (N-methyl/N-ethyl adjacent to an activating group) is 1. The van der Waals surface area contributed by atoms with Crippen molar-refractivity contribution in [1.29, 1.82) is 5.26 Å². The molecule has 1 aliphatic carbocycles. The number of anilines is 2. The number of benzene rings is 1. The molecule has 8 atom stereocenters. The summed E-state index contributed by atoms with van der Waals surface area (Å²) in [6.45, 7) is 10.1. The second kappa shape index (κ2) is 12.0. The van der Waals surface area contributed by atoms with Gasteiger partial charge >= 0.3 is 0 Å². The Hall–Kier alpha value is -2.05. The van der Waals surface area contributed by atoms with Gasteiger partial charge in [0.15, 0.2) is 0 Å². The number of nitrogens with zero attached hydrogens (tertiary/aromatic N) is 4. The minimum Gasteiger partial charge on any atom is -0.387 e. The van der Waals surface area contributed by atoms with E-state index in [1.807, 2.05) is 27.0 Å². The highest BCUT2D eigenvalue weighted by Gasteiger charge is 2.53. The average molecular weight is 598 g/mol. The van der Waals surface area contributed by atoms with Crippen LogP contribution in [0.4, 0.5) is 11.4 Å². The summed E-state index contributed by atoms with van der Waals surface area (Å²) in [5.74, 6) is 0.659. The molecule has 12 heteroatoms. The molecule has 6 rings (SSSR count). The van der Waals surface area contributed by atoms with Crippen LogP contribution in [0.3, 0.4) is 0 Å². The van der Waals surface area contributed by atoms with Gasteiger partial charge in [0.1, 0.15) is 24.5 Å². The van der Waals surface area contributed by atoms with E-state index >= 15 is 0 Å². The minimum atomic E-state index is -0.981. The van der Waals surface area contributed by atoms with Crippen LogP contribution in [0.5, 0.6) is 0 Å². The van der Waals surface area contributed by atoms with E-state index in [1.54, 1.807) is 0 Å². The van der Waals surface area contributed by atoms with E-state index in [2.05, 4.69) is 68.0 Å². The Morgan fingerprint density at radius 1 is 1.12 bits per heavy atom. The van der Waals surface area contributed by atoms with Crippen molar-refractivity contribution in [2.45, 2.75) is 120 Å². The van der Waals surface area contributed by atoms with Crippen LogP contribution in [-0.4, -0.2) is 113 Å². The molecule has 4 unspecified atom stereocenters. The second-order valence-corrected chi connectivity index (χ2v) is 14.2. The Kier molecular flexibility index (Phi) is 8.67. The summed E-state index contributed by atoms with van der Waals surface area (Å²) in [6, 6.07) is 9.39. The third-order valence-electron chi connectivity index (χ3n) is 10.5. The maximum absolute atomic E-state index is 11.1. The molecule has 43 heavy (non-hydrogen) atoms. The third-order valence-corrected chi connectivity index (χ3v) is 10.5. The fraction of sp³-hybridized carbons (Fsp3) is 0.774. The molecule has 0 bridgehead atoms. The summed E-state index contributed by atoms with van der Waals surface area (Å²) < 4.78 is 6.43. The maximum Gasteiger partial charge on any atom is 0.142 e. The molecule has 4 aliphatic heterocycles. The molecule has 238 valence electrons. The highest BCUT2D eigenvalue weighted by atomic mass is 16.6. The fourth-order valence-electron chi connectivity index (χ4n) is 7.72. The first-order valence-electron chi connectivity index (χ1n) is 16.0. The lowest BCUT2D eigenvalue weighted by molar-refractivity contribution is -0.130. The molecule has 0 amide bonds. The number of ether oxygens (including phenoxy) is 1. The highest BCUT2D eigenvalue weighted by Crippen LogP contribution is 2.40. The summed E-state index contributed by atoms with van der Waals surface area (Å²) in [4.78, 5) is 6.73. The first kappa shape index (κ1) is 31.0. The molecule has 4 fully saturated rings. The summed E-state index contributed by atoms with van der Waals surface area (Å²) in [7, 11) is 2.03. The lowest BCUT2D eigenvalue weighted by Crippen LogP contribution is -2.68. The molecule has 1 aromatic carbocycles. The van der Waals surface area contributed by atoms with Crippen molar-refractivity contribution in [2.75, 3.05) is 37.6 Å². The Balaban J connectivity index is 0.994. The van der Waals surface area contributed by atoms with Crippen LogP contribution < -0.4 is 27.0 Å². The monoisotopic (exact) mass is 597 g/mol. The van der Waals surface area contributed by atoms with E-state index in [4.69, 9.17) is 10.5 Å². The molecule has 4 heterocycles. The van der Waals surface area contributed by atoms with Crippen molar-refractivity contribution < 1.29 is 14.9 Å². The molecule has 0 aromatic heterocycles. The van der Waals surface area contributed by atoms with Gasteiger partial charge in [0, 0.05) is 18.6 Å². The molecule has 1 saturated carbocycles. The van der Waals surface area contributed by atoms with Gasteiger partial charge in [-0.3, -0.25) is 20.4 Å². The zero-order valence-corrected chi connectivity index (χ0v) is 26.2. The van der Waals surface area contributed by atoms with Gasteiger partial charge in [0.05, 0.1) is 60.7 Å². The average Bonchev–Trinajstić information content (AvgIpc) is 3.65. The van der Waals surface area contributed by atoms with Crippen LogP contribution in [0.15, 0.2) is 18.2 Å². The highest BCUT2D eigenvalue weighted by molar-refractivity contribution is 5.75. The van der Waals surface area contributed by atoms with E-state index in [9.17, 15) is 15.5 Å². The standard InChI is InChI=1S/C31H51N9O3/c1-17(2)39(13-23-26(41)27(42)30(43-23)40-16-34-25-28(33)35-15-38(5)29(25)40)20-10-18(11-20)6-9-24-36-21-8-7-19(12-22(21)37-24)31(3,4)14-32/h7-8,12,17-18,20,23-30,34-37,41-42H,6,9-11,13,15-16,33H2,1-5H3/t18?,20?,23-,24?,25?,26-,27-,28?,29?,30-/m1/s1. The maximum atomic E-state index is 11.1. The SMILES string of the molecule is CC(C)N(C[C@H]1O[C@@H](N2CNC3C(N)NCN(C)C32)[C@H](O)[C@@H]1O)C1CC(CCC2Nc3ccc(C(C)(C)C#N)cc3N2)C1. The topological polar surface area (TPSA) is 157 Å².